The van der Waals surface area contributed by atoms with E-state index >= 15 is 0 Å². The van der Waals surface area contributed by atoms with Crippen LogP contribution in [0, 0.1) is 5.92 Å². The summed E-state index contributed by atoms with van der Waals surface area (Å²) in [6, 6.07) is 0. The molecule has 5 nitrogen and oxygen atoms in total. The van der Waals surface area contributed by atoms with Crippen LogP contribution in [0.4, 0.5) is 0 Å². The first-order valence-electron chi connectivity index (χ1n) is 5.09. The molecule has 1 fully saturated rings. The van der Waals surface area contributed by atoms with Crippen molar-refractivity contribution in [1.29, 1.82) is 0 Å². The van der Waals surface area contributed by atoms with Crippen LogP contribution in [-0.2, 0) is 14.3 Å². The standard InChI is InChI=1S/C10H20N2O3/c1-10(2,3)15-9(13)7-5-12(11)6-8(7)14-4/h7-8H,5-6,11H2,1-4H3/t7-,8-/m1/s1. The Morgan fingerprint density at radius 1 is 1.40 bits per heavy atom. The minimum Gasteiger partial charge on any atom is -0.460 e. The Bertz CT molecular complexity index is 237. The van der Waals surface area contributed by atoms with Gasteiger partial charge in [-0.25, -0.2) is 5.01 Å². The maximum absolute atomic E-state index is 11.8. The quantitative estimate of drug-likeness (QED) is 0.526. The van der Waals surface area contributed by atoms with Gasteiger partial charge >= 0.3 is 5.97 Å². The van der Waals surface area contributed by atoms with Gasteiger partial charge in [0.2, 0.25) is 0 Å². The van der Waals surface area contributed by atoms with Gasteiger partial charge in [-0.15, -0.1) is 0 Å². The molecule has 1 heterocycles. The first-order chi connectivity index (χ1) is 6.83. The number of hydrogen-bond donors (Lipinski definition) is 1. The van der Waals surface area contributed by atoms with Crippen molar-refractivity contribution in [3.8, 4) is 0 Å². The second-order valence-corrected chi connectivity index (χ2v) is 4.87. The summed E-state index contributed by atoms with van der Waals surface area (Å²) in [5, 5.41) is 1.59. The van der Waals surface area contributed by atoms with E-state index in [0.717, 1.165) is 0 Å². The summed E-state index contributed by atoms with van der Waals surface area (Å²) in [7, 11) is 1.58. The molecule has 88 valence electrons. The molecule has 0 amide bonds. The molecule has 0 unspecified atom stereocenters. The summed E-state index contributed by atoms with van der Waals surface area (Å²) >= 11 is 0. The highest BCUT2D eigenvalue weighted by Crippen LogP contribution is 2.21. The highest BCUT2D eigenvalue weighted by Gasteiger charge is 2.39. The van der Waals surface area contributed by atoms with Crippen molar-refractivity contribution in [2.45, 2.75) is 32.5 Å². The average Bonchev–Trinajstić information content (AvgIpc) is 2.43. The molecule has 1 aliphatic heterocycles. The maximum Gasteiger partial charge on any atom is 0.313 e. The normalized spacial score (nSPS) is 28.1. The fourth-order valence-corrected chi connectivity index (χ4v) is 1.65. The number of rotatable bonds is 2. The molecule has 1 saturated heterocycles. The van der Waals surface area contributed by atoms with Gasteiger partial charge < -0.3 is 9.47 Å². The smallest absolute Gasteiger partial charge is 0.313 e. The molecule has 0 aromatic heterocycles. The zero-order chi connectivity index (χ0) is 11.6. The highest BCUT2D eigenvalue weighted by molar-refractivity contribution is 5.74. The molecule has 0 bridgehead atoms. The maximum atomic E-state index is 11.8. The largest absolute Gasteiger partial charge is 0.460 e. The third-order valence-electron chi connectivity index (χ3n) is 2.31. The fourth-order valence-electron chi connectivity index (χ4n) is 1.65. The first-order valence-corrected chi connectivity index (χ1v) is 5.09. The Balaban J connectivity index is 2.59. The monoisotopic (exact) mass is 216 g/mol. The average molecular weight is 216 g/mol. The third kappa shape index (κ3) is 3.44. The third-order valence-corrected chi connectivity index (χ3v) is 2.31. The Morgan fingerprint density at radius 3 is 2.47 bits per heavy atom. The predicted molar refractivity (Wildman–Crippen MR) is 55.9 cm³/mol. The number of carbonyl (C=O) groups excluding carboxylic acids is 1. The van der Waals surface area contributed by atoms with Crippen molar-refractivity contribution in [2.75, 3.05) is 20.2 Å². The Morgan fingerprint density at radius 2 is 2.00 bits per heavy atom. The van der Waals surface area contributed by atoms with Crippen LogP contribution < -0.4 is 5.84 Å². The Labute approximate surface area is 90.5 Å². The van der Waals surface area contributed by atoms with Crippen molar-refractivity contribution >= 4 is 5.97 Å². The van der Waals surface area contributed by atoms with Crippen molar-refractivity contribution < 1.29 is 14.3 Å². The van der Waals surface area contributed by atoms with Gasteiger partial charge in [0.15, 0.2) is 0 Å². The lowest BCUT2D eigenvalue weighted by Gasteiger charge is -2.23. The summed E-state index contributed by atoms with van der Waals surface area (Å²) in [6.07, 6.45) is -0.162. The molecule has 0 aliphatic carbocycles. The molecular formula is C10H20N2O3. The fraction of sp³-hybridized carbons (Fsp3) is 0.900. The van der Waals surface area contributed by atoms with E-state index in [-0.39, 0.29) is 18.0 Å². The molecule has 5 heteroatoms. The van der Waals surface area contributed by atoms with Gasteiger partial charge in [-0.3, -0.25) is 10.6 Å². The summed E-state index contributed by atoms with van der Waals surface area (Å²) in [5.41, 5.74) is -0.461. The second kappa shape index (κ2) is 4.47. The van der Waals surface area contributed by atoms with Crippen LogP contribution in [0.3, 0.4) is 0 Å². The number of nitrogens with zero attached hydrogens (tertiary/aromatic N) is 1. The number of methoxy groups -OCH3 is 1. The molecule has 1 rings (SSSR count). The number of nitrogens with two attached hydrogens (primary N) is 1. The van der Waals surface area contributed by atoms with Gasteiger partial charge in [0.1, 0.15) is 5.60 Å². The molecule has 0 radical (unpaired) electrons. The van der Waals surface area contributed by atoms with E-state index in [4.69, 9.17) is 15.3 Å². The van der Waals surface area contributed by atoms with Gasteiger partial charge in [0, 0.05) is 20.2 Å². The summed E-state index contributed by atoms with van der Waals surface area (Å²) < 4.78 is 10.5. The van der Waals surface area contributed by atoms with E-state index in [9.17, 15) is 4.79 Å². The molecule has 2 atom stereocenters. The second-order valence-electron chi connectivity index (χ2n) is 4.87. The van der Waals surface area contributed by atoms with Crippen LogP contribution in [0.25, 0.3) is 0 Å². The first kappa shape index (κ1) is 12.4. The SMILES string of the molecule is CO[C@@H]1CN(N)C[C@H]1C(=O)OC(C)(C)C. The number of carbonyl (C=O) groups is 1. The van der Waals surface area contributed by atoms with Gasteiger partial charge in [0.25, 0.3) is 0 Å². The van der Waals surface area contributed by atoms with Crippen LogP contribution in [-0.4, -0.2) is 42.9 Å². The highest BCUT2D eigenvalue weighted by atomic mass is 16.6. The Hall–Kier alpha value is -0.650. The van der Waals surface area contributed by atoms with Crippen molar-refractivity contribution in [2.24, 2.45) is 11.8 Å². The van der Waals surface area contributed by atoms with Crippen molar-refractivity contribution in [3.63, 3.8) is 0 Å². The molecule has 0 aromatic carbocycles. The van der Waals surface area contributed by atoms with Gasteiger partial charge in [-0.2, -0.15) is 0 Å². The van der Waals surface area contributed by atoms with Crippen molar-refractivity contribution in [3.05, 3.63) is 0 Å². The van der Waals surface area contributed by atoms with Crippen LogP contribution in [0.2, 0.25) is 0 Å². The lowest BCUT2D eigenvalue weighted by molar-refractivity contribution is -0.162. The van der Waals surface area contributed by atoms with E-state index in [2.05, 4.69) is 0 Å². The molecular weight excluding hydrogens is 196 g/mol. The lowest BCUT2D eigenvalue weighted by Crippen LogP contribution is -2.35. The number of esters is 1. The van der Waals surface area contributed by atoms with Crippen molar-refractivity contribution in [1.82, 2.24) is 5.01 Å². The summed E-state index contributed by atoms with van der Waals surface area (Å²) in [6.45, 7) is 6.61. The van der Waals surface area contributed by atoms with Gasteiger partial charge in [-0.1, -0.05) is 0 Å². The lowest BCUT2D eigenvalue weighted by atomic mass is 10.1. The number of hydrazine groups is 1. The van der Waals surface area contributed by atoms with Crippen LogP contribution in [0.15, 0.2) is 0 Å². The van der Waals surface area contributed by atoms with Crippen LogP contribution in [0.5, 0.6) is 0 Å². The number of ether oxygens (including phenoxy) is 2. The minimum absolute atomic E-state index is 0.162. The molecule has 0 spiro atoms. The van der Waals surface area contributed by atoms with Gasteiger partial charge in [-0.05, 0) is 20.8 Å². The zero-order valence-electron chi connectivity index (χ0n) is 9.82. The molecule has 0 aromatic rings. The topological polar surface area (TPSA) is 64.8 Å². The zero-order valence-corrected chi connectivity index (χ0v) is 9.82. The van der Waals surface area contributed by atoms with E-state index < -0.39 is 5.60 Å². The molecule has 15 heavy (non-hydrogen) atoms. The van der Waals surface area contributed by atoms with Crippen LogP contribution in [0.1, 0.15) is 20.8 Å². The van der Waals surface area contributed by atoms with Gasteiger partial charge in [0.05, 0.1) is 12.0 Å². The molecule has 0 saturated carbocycles. The molecule has 2 N–H and O–H groups in total. The van der Waals surface area contributed by atoms with E-state index in [0.29, 0.717) is 13.1 Å². The van der Waals surface area contributed by atoms with E-state index in [1.807, 2.05) is 20.8 Å². The number of hydrogen-bond acceptors (Lipinski definition) is 5. The van der Waals surface area contributed by atoms with E-state index in [1.54, 1.807) is 12.1 Å². The summed E-state index contributed by atoms with van der Waals surface area (Å²) in [5.74, 6) is 5.13. The predicted octanol–water partition coefficient (Wildman–Crippen LogP) is 0.149. The minimum atomic E-state index is -0.461. The Kier molecular flexibility index (Phi) is 3.70. The van der Waals surface area contributed by atoms with E-state index in [1.165, 1.54) is 0 Å². The molecule has 1 aliphatic rings. The van der Waals surface area contributed by atoms with Crippen LogP contribution >= 0.6 is 0 Å². The summed E-state index contributed by atoms with van der Waals surface area (Å²) in [4.78, 5) is 11.8.